The molecule has 1 saturated heterocycles. The van der Waals surface area contributed by atoms with Crippen molar-refractivity contribution < 1.29 is 9.50 Å². The number of piperidine rings is 1. The molecule has 0 bridgehead atoms. The largest absolute Gasteiger partial charge is 0.507 e. The van der Waals surface area contributed by atoms with Crippen LogP contribution in [0, 0.1) is 5.82 Å². The van der Waals surface area contributed by atoms with E-state index in [9.17, 15) is 14.3 Å². The quantitative estimate of drug-likeness (QED) is 0.874. The third-order valence-corrected chi connectivity index (χ3v) is 4.56. The second kappa shape index (κ2) is 7.18. The van der Waals surface area contributed by atoms with E-state index in [1.807, 2.05) is 0 Å². The lowest BCUT2D eigenvalue weighted by molar-refractivity contribution is 0.226. The van der Waals surface area contributed by atoms with Crippen LogP contribution >= 0.6 is 0 Å². The topological polar surface area (TPSA) is 83.3 Å². The number of phenolic OH excluding ortho intramolecular Hbond substituents is 1. The van der Waals surface area contributed by atoms with Crippen LogP contribution in [-0.2, 0) is 7.05 Å². The Hall–Kier alpha value is -2.48. The van der Waals surface area contributed by atoms with Crippen LogP contribution < -0.4 is 10.9 Å². The predicted octanol–water partition coefficient (Wildman–Crippen LogP) is 1.58. The Kier molecular flexibility index (Phi) is 4.98. The summed E-state index contributed by atoms with van der Waals surface area (Å²) in [6.45, 7) is 5.03. The molecule has 1 aromatic heterocycles. The number of benzene rings is 1. The lowest BCUT2D eigenvalue weighted by Crippen LogP contribution is -2.43. The monoisotopic (exact) mass is 347 g/mol. The van der Waals surface area contributed by atoms with Gasteiger partial charge in [-0.05, 0) is 38.1 Å². The number of nitrogens with one attached hydrogen (secondary N) is 1. The summed E-state index contributed by atoms with van der Waals surface area (Å²) in [5, 5.41) is 21.2. The van der Waals surface area contributed by atoms with E-state index < -0.39 is 5.82 Å². The number of rotatable bonds is 4. The van der Waals surface area contributed by atoms with Gasteiger partial charge in [0.1, 0.15) is 11.6 Å². The van der Waals surface area contributed by atoms with Gasteiger partial charge in [0.25, 0.3) is 5.56 Å². The van der Waals surface area contributed by atoms with Gasteiger partial charge in [0.05, 0.1) is 5.56 Å². The molecule has 2 heterocycles. The number of likely N-dealkylation sites (tertiary alicyclic amines) is 1. The Morgan fingerprint density at radius 3 is 2.92 bits per heavy atom. The van der Waals surface area contributed by atoms with Gasteiger partial charge in [-0.15, -0.1) is 10.2 Å². The summed E-state index contributed by atoms with van der Waals surface area (Å²) in [5.74, 6) is -0.464. The summed E-state index contributed by atoms with van der Waals surface area (Å²) in [7, 11) is 1.56. The van der Waals surface area contributed by atoms with Crippen LogP contribution in [0.15, 0.2) is 23.0 Å². The number of phenols is 1. The maximum atomic E-state index is 13.1. The summed E-state index contributed by atoms with van der Waals surface area (Å²) < 4.78 is 14.5. The highest BCUT2D eigenvalue weighted by Crippen LogP contribution is 2.27. The fourth-order valence-electron chi connectivity index (χ4n) is 3.14. The number of anilines is 1. The fourth-order valence-corrected chi connectivity index (χ4v) is 3.14. The number of aromatic nitrogens is 3. The van der Waals surface area contributed by atoms with Crippen molar-refractivity contribution in [2.45, 2.75) is 25.8 Å². The third-order valence-electron chi connectivity index (χ3n) is 4.56. The number of hydrogen-bond acceptors (Lipinski definition) is 6. The second-order valence-corrected chi connectivity index (χ2v) is 6.27. The highest BCUT2D eigenvalue weighted by atomic mass is 19.1. The van der Waals surface area contributed by atoms with E-state index in [0.717, 1.165) is 38.5 Å². The van der Waals surface area contributed by atoms with Crippen molar-refractivity contribution in [2.75, 3.05) is 25.0 Å². The van der Waals surface area contributed by atoms with Gasteiger partial charge < -0.3 is 15.3 Å². The molecule has 0 spiro atoms. The van der Waals surface area contributed by atoms with Gasteiger partial charge in [0, 0.05) is 25.7 Å². The average Bonchev–Trinajstić information content (AvgIpc) is 2.60. The average molecular weight is 347 g/mol. The number of hydrogen-bond donors (Lipinski definition) is 2. The maximum Gasteiger partial charge on any atom is 0.296 e. The Morgan fingerprint density at radius 2 is 2.20 bits per heavy atom. The van der Waals surface area contributed by atoms with Crippen LogP contribution in [-0.4, -0.2) is 50.4 Å². The lowest BCUT2D eigenvalue weighted by atomic mass is 10.1. The van der Waals surface area contributed by atoms with E-state index in [-0.39, 0.29) is 34.6 Å². The molecule has 0 aliphatic carbocycles. The van der Waals surface area contributed by atoms with E-state index in [1.165, 1.54) is 16.7 Å². The van der Waals surface area contributed by atoms with E-state index in [0.29, 0.717) is 0 Å². The van der Waals surface area contributed by atoms with Crippen LogP contribution in [0.1, 0.15) is 19.8 Å². The summed E-state index contributed by atoms with van der Waals surface area (Å²) in [5.41, 5.74) is -0.0720. The zero-order valence-corrected chi connectivity index (χ0v) is 14.4. The van der Waals surface area contributed by atoms with Gasteiger partial charge in [0.2, 0.25) is 5.82 Å². The first kappa shape index (κ1) is 17.3. The Bertz CT molecular complexity index is 823. The normalized spacial score (nSPS) is 18.3. The summed E-state index contributed by atoms with van der Waals surface area (Å²) in [6.07, 6.45) is 2.04. The van der Waals surface area contributed by atoms with Crippen molar-refractivity contribution >= 4 is 5.82 Å². The predicted molar refractivity (Wildman–Crippen MR) is 93.1 cm³/mol. The van der Waals surface area contributed by atoms with E-state index >= 15 is 0 Å². The standard InChI is InChI=1S/C17H22FN5O2/c1-3-23-8-4-5-12(10-23)19-15-17(25)22(2)16(21-20-15)13-7-6-11(18)9-14(13)24/h6-7,9,12,24H,3-5,8,10H2,1-2H3,(H,19,20)/t12-/m1/s1. The van der Waals surface area contributed by atoms with Gasteiger partial charge >= 0.3 is 0 Å². The molecule has 25 heavy (non-hydrogen) atoms. The lowest BCUT2D eigenvalue weighted by Gasteiger charge is -2.32. The molecule has 134 valence electrons. The molecular formula is C17H22FN5O2. The number of halogens is 1. The van der Waals surface area contributed by atoms with E-state index in [4.69, 9.17) is 0 Å². The zero-order valence-electron chi connectivity index (χ0n) is 14.4. The van der Waals surface area contributed by atoms with Crippen LogP contribution in [0.4, 0.5) is 10.2 Å². The SMILES string of the molecule is CCN1CCC[C@@H](Nc2nnc(-c3ccc(F)cc3O)n(C)c2=O)C1. The van der Waals surface area contributed by atoms with Gasteiger partial charge in [-0.3, -0.25) is 9.36 Å². The molecule has 2 aromatic rings. The Morgan fingerprint density at radius 1 is 1.40 bits per heavy atom. The molecule has 1 fully saturated rings. The molecule has 8 heteroatoms. The molecule has 1 aromatic carbocycles. The molecule has 0 radical (unpaired) electrons. The van der Waals surface area contributed by atoms with Crippen molar-refractivity contribution in [3.05, 3.63) is 34.4 Å². The molecule has 7 nitrogen and oxygen atoms in total. The van der Waals surface area contributed by atoms with Crippen LogP contribution in [0.3, 0.4) is 0 Å². The van der Waals surface area contributed by atoms with Crippen molar-refractivity contribution in [1.82, 2.24) is 19.7 Å². The molecular weight excluding hydrogens is 325 g/mol. The number of nitrogens with zero attached hydrogens (tertiary/aromatic N) is 4. The molecule has 1 aliphatic rings. The second-order valence-electron chi connectivity index (χ2n) is 6.27. The minimum atomic E-state index is -0.560. The molecule has 3 rings (SSSR count). The van der Waals surface area contributed by atoms with Crippen LogP contribution in [0.25, 0.3) is 11.4 Å². The number of aromatic hydroxyl groups is 1. The Labute approximate surface area is 145 Å². The first-order valence-corrected chi connectivity index (χ1v) is 8.41. The Balaban J connectivity index is 1.87. The van der Waals surface area contributed by atoms with Crippen LogP contribution in [0.2, 0.25) is 0 Å². The minimum Gasteiger partial charge on any atom is -0.507 e. The molecule has 0 saturated carbocycles. The molecule has 1 atom stereocenters. The molecule has 0 unspecified atom stereocenters. The number of likely N-dealkylation sites (N-methyl/N-ethyl adjacent to an activating group) is 1. The van der Waals surface area contributed by atoms with Crippen LogP contribution in [0.5, 0.6) is 5.75 Å². The van der Waals surface area contributed by atoms with Gasteiger partial charge in [0.15, 0.2) is 5.82 Å². The van der Waals surface area contributed by atoms with Gasteiger partial charge in [-0.1, -0.05) is 6.92 Å². The van der Waals surface area contributed by atoms with Gasteiger partial charge in [-0.25, -0.2) is 4.39 Å². The first-order chi connectivity index (χ1) is 12.0. The maximum absolute atomic E-state index is 13.1. The van der Waals surface area contributed by atoms with Crippen molar-refractivity contribution in [3.8, 4) is 17.1 Å². The minimum absolute atomic E-state index is 0.153. The molecule has 1 aliphatic heterocycles. The van der Waals surface area contributed by atoms with Crippen molar-refractivity contribution in [3.63, 3.8) is 0 Å². The van der Waals surface area contributed by atoms with E-state index in [1.54, 1.807) is 7.05 Å². The van der Waals surface area contributed by atoms with E-state index in [2.05, 4.69) is 27.3 Å². The fraction of sp³-hybridized carbons (Fsp3) is 0.471. The third kappa shape index (κ3) is 3.63. The van der Waals surface area contributed by atoms with Gasteiger partial charge in [-0.2, -0.15) is 0 Å². The summed E-state index contributed by atoms with van der Waals surface area (Å²) in [6, 6.07) is 3.71. The molecule has 2 N–H and O–H groups in total. The van der Waals surface area contributed by atoms with Crippen molar-refractivity contribution in [1.29, 1.82) is 0 Å². The van der Waals surface area contributed by atoms with Crippen molar-refractivity contribution in [2.24, 2.45) is 7.05 Å². The highest BCUT2D eigenvalue weighted by Gasteiger charge is 2.21. The first-order valence-electron chi connectivity index (χ1n) is 8.41. The smallest absolute Gasteiger partial charge is 0.296 e. The summed E-state index contributed by atoms with van der Waals surface area (Å²) >= 11 is 0. The highest BCUT2D eigenvalue weighted by molar-refractivity contribution is 5.63. The summed E-state index contributed by atoms with van der Waals surface area (Å²) in [4.78, 5) is 14.9. The molecule has 0 amide bonds. The zero-order chi connectivity index (χ0) is 18.0.